The highest BCUT2D eigenvalue weighted by Crippen LogP contribution is 2.44. The Morgan fingerprint density at radius 2 is 1.94 bits per heavy atom. The van der Waals surface area contributed by atoms with Gasteiger partial charge in [0.15, 0.2) is 0 Å². The van der Waals surface area contributed by atoms with Crippen LogP contribution in [-0.4, -0.2) is 25.1 Å². The van der Waals surface area contributed by atoms with Crippen molar-refractivity contribution in [1.82, 2.24) is 0 Å². The standard InChI is InChI=1S/C26H33NO4S/c1-6-30-20-11-9-8-10-17(20)12-15-22(28)27-24-23(25(29)31-7-2)19-14-13-18(26(3,4)5)16-21(19)32-24/h8-12,15,18H,6-7,13-14,16H2,1-5H3,(H,27,28). The number of carbonyl (C=O) groups excluding carboxylic acids is 2. The predicted molar refractivity (Wildman–Crippen MR) is 131 cm³/mol. The Morgan fingerprint density at radius 1 is 1.19 bits per heavy atom. The molecule has 172 valence electrons. The van der Waals surface area contributed by atoms with Crippen LogP contribution in [0.1, 0.15) is 67.4 Å². The minimum absolute atomic E-state index is 0.200. The third-order valence-electron chi connectivity index (χ3n) is 5.84. The van der Waals surface area contributed by atoms with E-state index in [9.17, 15) is 9.59 Å². The molecule has 1 heterocycles. The van der Waals surface area contributed by atoms with Crippen molar-refractivity contribution in [3.63, 3.8) is 0 Å². The van der Waals surface area contributed by atoms with Crippen molar-refractivity contribution in [2.45, 2.75) is 53.9 Å². The summed E-state index contributed by atoms with van der Waals surface area (Å²) in [7, 11) is 0. The average Bonchev–Trinajstić information content (AvgIpc) is 3.10. The van der Waals surface area contributed by atoms with Gasteiger partial charge in [-0.2, -0.15) is 0 Å². The van der Waals surface area contributed by atoms with Crippen molar-refractivity contribution < 1.29 is 19.1 Å². The molecule has 1 aliphatic rings. The van der Waals surface area contributed by atoms with Gasteiger partial charge in [-0.3, -0.25) is 4.79 Å². The van der Waals surface area contributed by atoms with Gasteiger partial charge in [-0.1, -0.05) is 39.0 Å². The Morgan fingerprint density at radius 3 is 2.62 bits per heavy atom. The van der Waals surface area contributed by atoms with Gasteiger partial charge in [0.25, 0.3) is 0 Å². The summed E-state index contributed by atoms with van der Waals surface area (Å²) in [5, 5.41) is 3.51. The Labute approximate surface area is 194 Å². The fourth-order valence-electron chi connectivity index (χ4n) is 4.06. The van der Waals surface area contributed by atoms with Crippen molar-refractivity contribution in [3.05, 3.63) is 51.9 Å². The van der Waals surface area contributed by atoms with Crippen LogP contribution < -0.4 is 10.1 Å². The van der Waals surface area contributed by atoms with Crippen LogP contribution in [0.5, 0.6) is 5.75 Å². The minimum Gasteiger partial charge on any atom is -0.493 e. The van der Waals surface area contributed by atoms with E-state index in [-0.39, 0.29) is 17.3 Å². The number of amides is 1. The van der Waals surface area contributed by atoms with Crippen LogP contribution in [0.3, 0.4) is 0 Å². The molecule has 0 saturated heterocycles. The zero-order valence-electron chi connectivity index (χ0n) is 19.6. The number of fused-ring (bicyclic) bond motifs is 1. The zero-order chi connectivity index (χ0) is 23.3. The van der Waals surface area contributed by atoms with Gasteiger partial charge in [-0.15, -0.1) is 11.3 Å². The van der Waals surface area contributed by atoms with Crippen LogP contribution in [-0.2, 0) is 22.4 Å². The van der Waals surface area contributed by atoms with Crippen LogP contribution in [0.25, 0.3) is 6.08 Å². The fraction of sp³-hybridized carbons (Fsp3) is 0.462. The van der Waals surface area contributed by atoms with Gasteiger partial charge >= 0.3 is 5.97 Å². The van der Waals surface area contributed by atoms with E-state index in [0.29, 0.717) is 29.7 Å². The Bertz CT molecular complexity index is 1000. The molecule has 0 spiro atoms. The lowest BCUT2D eigenvalue weighted by molar-refractivity contribution is -0.111. The lowest BCUT2D eigenvalue weighted by Crippen LogP contribution is -2.26. The van der Waals surface area contributed by atoms with E-state index >= 15 is 0 Å². The number of anilines is 1. The number of ether oxygens (including phenoxy) is 2. The summed E-state index contributed by atoms with van der Waals surface area (Å²) in [6, 6.07) is 7.57. The van der Waals surface area contributed by atoms with Gasteiger partial charge in [0.05, 0.1) is 18.8 Å². The molecule has 1 aromatic carbocycles. The van der Waals surface area contributed by atoms with Crippen LogP contribution in [0.2, 0.25) is 0 Å². The summed E-state index contributed by atoms with van der Waals surface area (Å²) in [6.07, 6.45) is 5.98. The highest BCUT2D eigenvalue weighted by Gasteiger charge is 2.34. The number of hydrogen-bond donors (Lipinski definition) is 1. The molecule has 1 aromatic heterocycles. The maximum Gasteiger partial charge on any atom is 0.341 e. The molecule has 6 heteroatoms. The summed E-state index contributed by atoms with van der Waals surface area (Å²) in [6.45, 7) is 11.4. The van der Waals surface area contributed by atoms with E-state index in [1.54, 1.807) is 13.0 Å². The van der Waals surface area contributed by atoms with Crippen LogP contribution in [0, 0.1) is 11.3 Å². The third-order valence-corrected chi connectivity index (χ3v) is 7.01. The summed E-state index contributed by atoms with van der Waals surface area (Å²) >= 11 is 1.51. The normalized spacial score (nSPS) is 16.0. The highest BCUT2D eigenvalue weighted by molar-refractivity contribution is 7.17. The molecule has 1 amide bonds. The fourth-order valence-corrected chi connectivity index (χ4v) is 5.38. The van der Waals surface area contributed by atoms with E-state index in [4.69, 9.17) is 9.47 Å². The van der Waals surface area contributed by atoms with Crippen molar-refractivity contribution in [1.29, 1.82) is 0 Å². The van der Waals surface area contributed by atoms with Crippen molar-refractivity contribution in [2.75, 3.05) is 18.5 Å². The van der Waals surface area contributed by atoms with Crippen LogP contribution >= 0.6 is 11.3 Å². The number of para-hydroxylation sites is 1. The van der Waals surface area contributed by atoms with Gasteiger partial charge in [0.2, 0.25) is 5.91 Å². The molecule has 0 saturated carbocycles. The zero-order valence-corrected chi connectivity index (χ0v) is 20.4. The molecule has 32 heavy (non-hydrogen) atoms. The number of carbonyl (C=O) groups is 2. The molecular weight excluding hydrogens is 422 g/mol. The van der Waals surface area contributed by atoms with Crippen molar-refractivity contribution >= 4 is 34.3 Å². The van der Waals surface area contributed by atoms with E-state index < -0.39 is 0 Å². The Balaban J connectivity index is 1.85. The Kier molecular flexibility index (Phi) is 7.77. The van der Waals surface area contributed by atoms with E-state index in [0.717, 1.165) is 36.1 Å². The monoisotopic (exact) mass is 455 g/mol. The summed E-state index contributed by atoms with van der Waals surface area (Å²) in [4.78, 5) is 26.7. The quantitative estimate of drug-likeness (QED) is 0.403. The van der Waals surface area contributed by atoms with Gasteiger partial charge in [-0.25, -0.2) is 4.79 Å². The molecule has 0 bridgehead atoms. The number of rotatable bonds is 7. The number of benzene rings is 1. The second-order valence-corrected chi connectivity index (χ2v) is 10.1. The molecule has 1 unspecified atom stereocenters. The third kappa shape index (κ3) is 5.60. The van der Waals surface area contributed by atoms with Gasteiger partial charge < -0.3 is 14.8 Å². The van der Waals surface area contributed by atoms with Crippen molar-refractivity contribution in [2.24, 2.45) is 11.3 Å². The molecule has 2 aromatic rings. The van der Waals surface area contributed by atoms with E-state index in [1.807, 2.05) is 31.2 Å². The highest BCUT2D eigenvalue weighted by atomic mass is 32.1. The topological polar surface area (TPSA) is 64.6 Å². The second-order valence-electron chi connectivity index (χ2n) is 9.03. The summed E-state index contributed by atoms with van der Waals surface area (Å²) in [5.41, 5.74) is 2.59. The average molecular weight is 456 g/mol. The van der Waals surface area contributed by atoms with E-state index in [2.05, 4.69) is 26.1 Å². The van der Waals surface area contributed by atoms with Gasteiger partial charge in [0, 0.05) is 16.5 Å². The Hall–Kier alpha value is -2.60. The van der Waals surface area contributed by atoms with Crippen LogP contribution in [0.4, 0.5) is 5.00 Å². The first-order valence-electron chi connectivity index (χ1n) is 11.3. The molecule has 1 N–H and O–H groups in total. The molecule has 1 aliphatic carbocycles. The second kappa shape index (κ2) is 10.3. The molecular formula is C26H33NO4S. The lowest BCUT2D eigenvalue weighted by atomic mass is 9.72. The predicted octanol–water partition coefficient (Wildman–Crippen LogP) is 6.13. The molecule has 3 rings (SSSR count). The van der Waals surface area contributed by atoms with Gasteiger partial charge in [-0.05, 0) is 62.1 Å². The first kappa shape index (κ1) is 24.1. The molecule has 0 aliphatic heterocycles. The van der Waals surface area contributed by atoms with Crippen molar-refractivity contribution in [3.8, 4) is 5.75 Å². The lowest BCUT2D eigenvalue weighted by Gasteiger charge is -2.33. The molecule has 0 fully saturated rings. The van der Waals surface area contributed by atoms with Gasteiger partial charge in [0.1, 0.15) is 10.8 Å². The molecule has 5 nitrogen and oxygen atoms in total. The smallest absolute Gasteiger partial charge is 0.341 e. The molecule has 0 radical (unpaired) electrons. The maximum atomic E-state index is 12.8. The minimum atomic E-state index is -0.361. The first-order valence-corrected chi connectivity index (χ1v) is 12.1. The molecule has 1 atom stereocenters. The summed E-state index contributed by atoms with van der Waals surface area (Å²) < 4.78 is 10.9. The van der Waals surface area contributed by atoms with Crippen LogP contribution in [0.15, 0.2) is 30.3 Å². The maximum absolute atomic E-state index is 12.8. The number of thiophene rings is 1. The first-order chi connectivity index (χ1) is 15.2. The summed E-state index contributed by atoms with van der Waals surface area (Å²) in [5.74, 6) is 0.626. The number of nitrogens with one attached hydrogen (secondary N) is 1. The van der Waals surface area contributed by atoms with E-state index in [1.165, 1.54) is 22.3 Å². The number of hydrogen-bond acceptors (Lipinski definition) is 5. The number of esters is 1. The largest absolute Gasteiger partial charge is 0.493 e. The SMILES string of the molecule is CCOC(=O)c1c(NC(=O)C=Cc2ccccc2OCC)sc2c1CCC(C(C)(C)C)C2.